The van der Waals surface area contributed by atoms with Gasteiger partial charge >= 0.3 is 0 Å². The molecular weight excluding hydrogens is 324 g/mol. The molecule has 1 aromatic rings. The molecule has 3 nitrogen and oxygen atoms in total. The lowest BCUT2D eigenvalue weighted by Crippen LogP contribution is -2.45. The SMILES string of the molecule is CCCCCCC(O)c1cc(O)c2c(c1)OC(C)(C)[C@@H]1CC=C(C)C[C@@H]21. The molecule has 0 fully saturated rings. The highest BCUT2D eigenvalue weighted by atomic mass is 16.5. The number of benzene rings is 1. The van der Waals surface area contributed by atoms with Crippen molar-refractivity contribution in [1.82, 2.24) is 0 Å². The van der Waals surface area contributed by atoms with Gasteiger partial charge in [-0.25, -0.2) is 0 Å². The van der Waals surface area contributed by atoms with Crippen LogP contribution in [0, 0.1) is 5.92 Å². The molecule has 3 atom stereocenters. The number of allylic oxidation sites excluding steroid dienone is 2. The van der Waals surface area contributed by atoms with Gasteiger partial charge in [-0.1, -0.05) is 44.3 Å². The fourth-order valence-corrected chi connectivity index (χ4v) is 4.71. The summed E-state index contributed by atoms with van der Waals surface area (Å²) in [5.41, 5.74) is 2.82. The van der Waals surface area contributed by atoms with E-state index in [1.807, 2.05) is 6.07 Å². The summed E-state index contributed by atoms with van der Waals surface area (Å²) in [7, 11) is 0. The van der Waals surface area contributed by atoms with E-state index < -0.39 is 6.10 Å². The number of fused-ring (bicyclic) bond motifs is 3. The Kier molecular flexibility index (Phi) is 5.67. The second-order valence-corrected chi connectivity index (χ2v) is 8.73. The molecule has 26 heavy (non-hydrogen) atoms. The Morgan fingerprint density at radius 2 is 2.00 bits per heavy atom. The van der Waals surface area contributed by atoms with Gasteiger partial charge in [0.25, 0.3) is 0 Å². The van der Waals surface area contributed by atoms with Crippen LogP contribution in [0.4, 0.5) is 0 Å². The Hall–Kier alpha value is -1.48. The molecule has 2 N–H and O–H groups in total. The normalized spacial score (nSPS) is 24.9. The van der Waals surface area contributed by atoms with E-state index in [1.165, 1.54) is 18.4 Å². The first-order valence-corrected chi connectivity index (χ1v) is 10.2. The number of aromatic hydroxyl groups is 1. The average Bonchev–Trinajstić information content (AvgIpc) is 2.57. The number of aliphatic hydroxyl groups is 1. The third-order valence-electron chi connectivity index (χ3n) is 6.24. The van der Waals surface area contributed by atoms with E-state index in [2.05, 4.69) is 33.8 Å². The van der Waals surface area contributed by atoms with Crippen molar-refractivity contribution >= 4 is 0 Å². The zero-order valence-electron chi connectivity index (χ0n) is 16.7. The average molecular weight is 359 g/mol. The topological polar surface area (TPSA) is 49.7 Å². The Morgan fingerprint density at radius 3 is 2.73 bits per heavy atom. The summed E-state index contributed by atoms with van der Waals surface area (Å²) in [6.07, 6.45) is 9.00. The van der Waals surface area contributed by atoms with Crippen LogP contribution in [0.15, 0.2) is 23.8 Å². The maximum atomic E-state index is 10.8. The van der Waals surface area contributed by atoms with Crippen molar-refractivity contribution in [3.05, 3.63) is 34.9 Å². The minimum absolute atomic E-state index is 0.272. The van der Waals surface area contributed by atoms with Gasteiger partial charge in [-0.15, -0.1) is 0 Å². The van der Waals surface area contributed by atoms with Crippen LogP contribution in [0.5, 0.6) is 11.5 Å². The van der Waals surface area contributed by atoms with Crippen LogP contribution >= 0.6 is 0 Å². The van der Waals surface area contributed by atoms with Crippen molar-refractivity contribution in [3.8, 4) is 11.5 Å². The Morgan fingerprint density at radius 1 is 1.23 bits per heavy atom. The molecule has 0 saturated heterocycles. The summed E-state index contributed by atoms with van der Waals surface area (Å²) < 4.78 is 6.34. The van der Waals surface area contributed by atoms with Crippen LogP contribution in [-0.4, -0.2) is 15.8 Å². The van der Waals surface area contributed by atoms with Crippen LogP contribution in [0.2, 0.25) is 0 Å². The number of aliphatic hydroxyl groups excluding tert-OH is 1. The highest BCUT2D eigenvalue weighted by Gasteiger charge is 2.45. The monoisotopic (exact) mass is 358 g/mol. The smallest absolute Gasteiger partial charge is 0.127 e. The van der Waals surface area contributed by atoms with Crippen LogP contribution in [0.25, 0.3) is 0 Å². The Labute approximate surface area is 158 Å². The van der Waals surface area contributed by atoms with Crippen LogP contribution in [0.3, 0.4) is 0 Å². The molecule has 3 rings (SSSR count). The first-order valence-electron chi connectivity index (χ1n) is 10.2. The summed E-state index contributed by atoms with van der Waals surface area (Å²) in [4.78, 5) is 0. The summed E-state index contributed by atoms with van der Waals surface area (Å²) in [6.45, 7) is 8.65. The van der Waals surface area contributed by atoms with Crippen LogP contribution in [-0.2, 0) is 0 Å². The standard InChI is InChI=1S/C23H34O3/c1-5-6-7-8-9-19(24)16-13-20(25)22-17-12-15(2)10-11-18(17)23(3,4)26-21(22)14-16/h10,13-14,17-19,24-25H,5-9,11-12H2,1-4H3/t17-,18-,19?/m1/s1. The Balaban J connectivity index is 1.87. The summed E-state index contributed by atoms with van der Waals surface area (Å²) in [5.74, 6) is 1.70. The quantitative estimate of drug-likeness (QED) is 0.484. The molecule has 1 aliphatic heterocycles. The van der Waals surface area contributed by atoms with Crippen molar-refractivity contribution in [3.63, 3.8) is 0 Å². The third kappa shape index (κ3) is 3.78. The lowest BCUT2D eigenvalue weighted by atomic mass is 9.67. The fraction of sp³-hybridized carbons (Fsp3) is 0.652. The maximum Gasteiger partial charge on any atom is 0.127 e. The van der Waals surface area contributed by atoms with Gasteiger partial charge in [-0.05, 0) is 57.7 Å². The number of ether oxygens (including phenoxy) is 1. The van der Waals surface area contributed by atoms with E-state index in [0.29, 0.717) is 5.92 Å². The molecule has 0 spiro atoms. The molecule has 0 radical (unpaired) electrons. The number of hydrogen-bond acceptors (Lipinski definition) is 3. The summed E-state index contributed by atoms with van der Waals surface area (Å²) >= 11 is 0. The Bertz CT molecular complexity index is 674. The molecule has 0 bridgehead atoms. The second-order valence-electron chi connectivity index (χ2n) is 8.73. The van der Waals surface area contributed by atoms with Crippen molar-refractivity contribution in [2.45, 2.75) is 90.3 Å². The third-order valence-corrected chi connectivity index (χ3v) is 6.24. The number of phenolic OH excluding ortho intramolecular Hbond substituents is 1. The molecule has 1 unspecified atom stereocenters. The molecule has 1 heterocycles. The van der Waals surface area contributed by atoms with Gasteiger partial charge in [0.2, 0.25) is 0 Å². The van der Waals surface area contributed by atoms with Gasteiger partial charge in [0.15, 0.2) is 0 Å². The highest BCUT2D eigenvalue weighted by molar-refractivity contribution is 5.53. The van der Waals surface area contributed by atoms with Crippen molar-refractivity contribution in [1.29, 1.82) is 0 Å². The second kappa shape index (κ2) is 7.64. The minimum atomic E-state index is -0.541. The van der Waals surface area contributed by atoms with Gasteiger partial charge < -0.3 is 14.9 Å². The number of phenols is 1. The number of unbranched alkanes of at least 4 members (excludes halogenated alkanes) is 3. The molecule has 144 valence electrons. The lowest BCUT2D eigenvalue weighted by molar-refractivity contribution is 0.00721. The van der Waals surface area contributed by atoms with Crippen LogP contribution < -0.4 is 4.74 Å². The highest BCUT2D eigenvalue weighted by Crippen LogP contribution is 2.54. The molecular formula is C23H34O3. The van der Waals surface area contributed by atoms with Gasteiger partial charge in [-0.2, -0.15) is 0 Å². The molecule has 1 aromatic carbocycles. The van der Waals surface area contributed by atoms with E-state index in [4.69, 9.17) is 4.74 Å². The summed E-state index contributed by atoms with van der Waals surface area (Å²) in [5, 5.41) is 21.4. The molecule has 0 amide bonds. The summed E-state index contributed by atoms with van der Waals surface area (Å²) in [6, 6.07) is 3.72. The number of hydrogen-bond donors (Lipinski definition) is 2. The van der Waals surface area contributed by atoms with Crippen molar-refractivity contribution in [2.75, 3.05) is 0 Å². The predicted octanol–water partition coefficient (Wildman–Crippen LogP) is 6.01. The first kappa shape index (κ1) is 19.3. The molecule has 1 aliphatic carbocycles. The predicted molar refractivity (Wildman–Crippen MR) is 106 cm³/mol. The van der Waals surface area contributed by atoms with Crippen LogP contribution in [0.1, 0.15) is 95.8 Å². The number of rotatable bonds is 6. The van der Waals surface area contributed by atoms with E-state index in [0.717, 1.165) is 49.0 Å². The molecule has 0 saturated carbocycles. The zero-order valence-corrected chi connectivity index (χ0v) is 16.7. The molecule has 3 heteroatoms. The largest absolute Gasteiger partial charge is 0.508 e. The van der Waals surface area contributed by atoms with E-state index in [-0.39, 0.29) is 17.3 Å². The maximum absolute atomic E-state index is 10.8. The lowest BCUT2D eigenvalue weighted by Gasteiger charge is -2.47. The minimum Gasteiger partial charge on any atom is -0.508 e. The van der Waals surface area contributed by atoms with Gasteiger partial charge in [0, 0.05) is 17.4 Å². The van der Waals surface area contributed by atoms with Gasteiger partial charge in [-0.3, -0.25) is 0 Å². The van der Waals surface area contributed by atoms with E-state index in [1.54, 1.807) is 6.07 Å². The first-order chi connectivity index (χ1) is 12.3. The van der Waals surface area contributed by atoms with E-state index in [9.17, 15) is 10.2 Å². The van der Waals surface area contributed by atoms with Gasteiger partial charge in [0.05, 0.1) is 6.10 Å². The fourth-order valence-electron chi connectivity index (χ4n) is 4.71. The van der Waals surface area contributed by atoms with Gasteiger partial charge in [0.1, 0.15) is 17.1 Å². The zero-order chi connectivity index (χ0) is 18.9. The van der Waals surface area contributed by atoms with E-state index >= 15 is 0 Å². The van der Waals surface area contributed by atoms with Crippen molar-refractivity contribution < 1.29 is 14.9 Å². The molecule has 0 aromatic heterocycles. The van der Waals surface area contributed by atoms with Crippen molar-refractivity contribution in [2.24, 2.45) is 5.92 Å². The molecule has 2 aliphatic rings.